The summed E-state index contributed by atoms with van der Waals surface area (Å²) in [6.07, 6.45) is 0. The van der Waals surface area contributed by atoms with E-state index in [4.69, 9.17) is 0 Å². The van der Waals surface area contributed by atoms with Crippen LogP contribution in [0.15, 0.2) is 60.7 Å². The number of nitrogens with one attached hydrogen (secondary N) is 1. The fourth-order valence-corrected chi connectivity index (χ4v) is 2.99. The summed E-state index contributed by atoms with van der Waals surface area (Å²) in [5.74, 6) is 0.0153. The Morgan fingerprint density at radius 3 is 2.04 bits per heavy atom. The van der Waals surface area contributed by atoms with Crippen LogP contribution < -0.4 is 5.32 Å². The van der Waals surface area contributed by atoms with Crippen molar-refractivity contribution in [2.24, 2.45) is 0 Å². The van der Waals surface area contributed by atoms with E-state index >= 15 is 0 Å². The standard InChI is InChI=1S/C20H23N3O2/c24-19-15-22(13-17-7-3-1-4-8-17)16-20(25)23(12-11-21-19)14-18-9-5-2-6-10-18/h1-10H,11-16H2,(H,21,24). The van der Waals surface area contributed by atoms with Gasteiger partial charge in [0.1, 0.15) is 0 Å². The minimum absolute atomic E-state index is 0.0368. The van der Waals surface area contributed by atoms with Crippen LogP contribution in [0.3, 0.4) is 0 Å². The van der Waals surface area contributed by atoms with Gasteiger partial charge in [0.2, 0.25) is 11.8 Å². The molecule has 3 rings (SSSR count). The minimum atomic E-state index is -0.0368. The number of carbonyl (C=O) groups excluding carboxylic acids is 2. The second-order valence-corrected chi connectivity index (χ2v) is 6.28. The maximum Gasteiger partial charge on any atom is 0.237 e. The van der Waals surface area contributed by atoms with Gasteiger partial charge in [-0.1, -0.05) is 60.7 Å². The molecule has 130 valence electrons. The minimum Gasteiger partial charge on any atom is -0.353 e. The highest BCUT2D eigenvalue weighted by molar-refractivity contribution is 5.82. The predicted molar refractivity (Wildman–Crippen MR) is 96.6 cm³/mol. The number of carbonyl (C=O) groups is 2. The van der Waals surface area contributed by atoms with Crippen molar-refractivity contribution in [3.63, 3.8) is 0 Å². The molecule has 0 saturated carbocycles. The Kier molecular flexibility index (Phi) is 5.80. The molecule has 0 aromatic heterocycles. The number of hydrogen-bond donors (Lipinski definition) is 1. The third kappa shape index (κ3) is 5.16. The zero-order valence-corrected chi connectivity index (χ0v) is 14.2. The van der Waals surface area contributed by atoms with Crippen molar-refractivity contribution in [1.82, 2.24) is 15.1 Å². The van der Waals surface area contributed by atoms with E-state index in [-0.39, 0.29) is 24.9 Å². The van der Waals surface area contributed by atoms with Gasteiger partial charge < -0.3 is 10.2 Å². The van der Waals surface area contributed by atoms with Crippen molar-refractivity contribution >= 4 is 11.8 Å². The molecule has 2 aromatic rings. The number of hydrogen-bond acceptors (Lipinski definition) is 3. The van der Waals surface area contributed by atoms with Crippen LogP contribution in [0.2, 0.25) is 0 Å². The van der Waals surface area contributed by atoms with Gasteiger partial charge in [-0.05, 0) is 11.1 Å². The molecule has 0 atom stereocenters. The molecule has 2 amide bonds. The number of amides is 2. The number of benzene rings is 2. The molecule has 1 saturated heterocycles. The molecule has 0 radical (unpaired) electrons. The first-order valence-corrected chi connectivity index (χ1v) is 8.55. The Morgan fingerprint density at radius 1 is 0.800 bits per heavy atom. The van der Waals surface area contributed by atoms with Crippen molar-refractivity contribution < 1.29 is 9.59 Å². The lowest BCUT2D eigenvalue weighted by molar-refractivity contribution is -0.133. The number of rotatable bonds is 4. The van der Waals surface area contributed by atoms with Gasteiger partial charge in [0.15, 0.2) is 0 Å². The second-order valence-electron chi connectivity index (χ2n) is 6.28. The number of nitrogens with zero attached hydrogens (tertiary/aromatic N) is 2. The molecule has 5 heteroatoms. The van der Waals surface area contributed by atoms with Crippen LogP contribution in [0, 0.1) is 0 Å². The molecule has 0 spiro atoms. The van der Waals surface area contributed by atoms with Crippen LogP contribution in [-0.2, 0) is 22.7 Å². The first-order chi connectivity index (χ1) is 12.2. The maximum atomic E-state index is 12.8. The molecule has 25 heavy (non-hydrogen) atoms. The molecule has 1 heterocycles. The van der Waals surface area contributed by atoms with Crippen molar-refractivity contribution in [2.75, 3.05) is 26.2 Å². The first-order valence-electron chi connectivity index (χ1n) is 8.55. The molecular formula is C20H23N3O2. The summed E-state index contributed by atoms with van der Waals surface area (Å²) in [7, 11) is 0. The van der Waals surface area contributed by atoms with Crippen LogP contribution in [0.25, 0.3) is 0 Å². The van der Waals surface area contributed by atoms with E-state index in [9.17, 15) is 9.59 Å². The molecule has 1 aliphatic rings. The molecule has 0 aliphatic carbocycles. The molecule has 1 N–H and O–H groups in total. The van der Waals surface area contributed by atoms with Gasteiger partial charge in [-0.3, -0.25) is 14.5 Å². The molecule has 5 nitrogen and oxygen atoms in total. The Hall–Kier alpha value is -2.66. The van der Waals surface area contributed by atoms with Crippen LogP contribution in [0.5, 0.6) is 0 Å². The highest BCUT2D eigenvalue weighted by atomic mass is 16.2. The van der Waals surface area contributed by atoms with Gasteiger partial charge in [0.05, 0.1) is 13.1 Å². The van der Waals surface area contributed by atoms with Gasteiger partial charge in [0.25, 0.3) is 0 Å². The summed E-state index contributed by atoms with van der Waals surface area (Å²) in [5.41, 5.74) is 2.19. The highest BCUT2D eigenvalue weighted by Gasteiger charge is 2.22. The van der Waals surface area contributed by atoms with Crippen molar-refractivity contribution in [3.8, 4) is 0 Å². The molecule has 2 aromatic carbocycles. The largest absolute Gasteiger partial charge is 0.353 e. The van der Waals surface area contributed by atoms with Gasteiger partial charge in [-0.25, -0.2) is 0 Å². The summed E-state index contributed by atoms with van der Waals surface area (Å²) >= 11 is 0. The summed E-state index contributed by atoms with van der Waals surface area (Å²) < 4.78 is 0. The quantitative estimate of drug-likeness (QED) is 0.923. The monoisotopic (exact) mass is 337 g/mol. The van der Waals surface area contributed by atoms with Crippen molar-refractivity contribution in [3.05, 3.63) is 71.8 Å². The normalized spacial score (nSPS) is 16.7. The Morgan fingerprint density at radius 2 is 1.40 bits per heavy atom. The van der Waals surface area contributed by atoms with Crippen molar-refractivity contribution in [1.29, 1.82) is 0 Å². The lowest BCUT2D eigenvalue weighted by Gasteiger charge is -2.25. The van der Waals surface area contributed by atoms with E-state index in [2.05, 4.69) is 5.32 Å². The fraction of sp³-hybridized carbons (Fsp3) is 0.300. The van der Waals surface area contributed by atoms with Crippen LogP contribution in [0.1, 0.15) is 11.1 Å². The van der Waals surface area contributed by atoms with E-state index in [0.717, 1.165) is 11.1 Å². The van der Waals surface area contributed by atoms with E-state index < -0.39 is 0 Å². The zero-order chi connectivity index (χ0) is 17.5. The SMILES string of the molecule is O=C1CN(Cc2ccccc2)CC(=O)N(Cc2ccccc2)CCN1. The lowest BCUT2D eigenvalue weighted by atomic mass is 10.2. The van der Waals surface area contributed by atoms with Crippen molar-refractivity contribution in [2.45, 2.75) is 13.1 Å². The molecular weight excluding hydrogens is 314 g/mol. The third-order valence-electron chi connectivity index (χ3n) is 4.25. The topological polar surface area (TPSA) is 52.7 Å². The molecule has 1 aliphatic heterocycles. The Labute approximate surface area is 148 Å². The van der Waals surface area contributed by atoms with Crippen LogP contribution in [-0.4, -0.2) is 47.8 Å². The molecule has 0 bridgehead atoms. The maximum absolute atomic E-state index is 12.8. The van der Waals surface area contributed by atoms with E-state index in [1.807, 2.05) is 70.5 Å². The van der Waals surface area contributed by atoms with Crippen LogP contribution >= 0.6 is 0 Å². The fourth-order valence-electron chi connectivity index (χ4n) is 2.99. The lowest BCUT2D eigenvalue weighted by Crippen LogP contribution is -2.40. The van der Waals surface area contributed by atoms with Gasteiger partial charge in [0, 0.05) is 26.2 Å². The Bertz CT molecular complexity index is 703. The third-order valence-corrected chi connectivity index (χ3v) is 4.25. The Balaban J connectivity index is 1.71. The van der Waals surface area contributed by atoms with E-state index in [0.29, 0.717) is 26.2 Å². The summed E-state index contributed by atoms with van der Waals surface area (Å²) in [4.78, 5) is 28.6. The first kappa shape index (κ1) is 17.2. The van der Waals surface area contributed by atoms with Crippen LogP contribution in [0.4, 0.5) is 0 Å². The predicted octanol–water partition coefficient (Wildman–Crippen LogP) is 1.65. The van der Waals surface area contributed by atoms with Gasteiger partial charge >= 0.3 is 0 Å². The van der Waals surface area contributed by atoms with E-state index in [1.165, 1.54) is 0 Å². The molecule has 1 fully saturated rings. The second kappa shape index (κ2) is 8.44. The van der Waals surface area contributed by atoms with E-state index in [1.54, 1.807) is 0 Å². The summed E-state index contributed by atoms with van der Waals surface area (Å²) in [5, 5.41) is 2.90. The summed E-state index contributed by atoms with van der Waals surface area (Å²) in [6.45, 7) is 2.64. The average molecular weight is 337 g/mol. The average Bonchev–Trinajstić information content (AvgIpc) is 2.67. The summed E-state index contributed by atoms with van der Waals surface area (Å²) in [6, 6.07) is 19.9. The molecule has 0 unspecified atom stereocenters. The van der Waals surface area contributed by atoms with Gasteiger partial charge in [-0.15, -0.1) is 0 Å². The smallest absolute Gasteiger partial charge is 0.237 e. The highest BCUT2D eigenvalue weighted by Crippen LogP contribution is 2.09. The van der Waals surface area contributed by atoms with Gasteiger partial charge in [-0.2, -0.15) is 0 Å². The zero-order valence-electron chi connectivity index (χ0n) is 14.2.